The van der Waals surface area contributed by atoms with Crippen LogP contribution in [0.4, 0.5) is 0 Å². The monoisotopic (exact) mass is 2720 g/mol. The van der Waals surface area contributed by atoms with Gasteiger partial charge in [0.1, 0.15) is 44.8 Å². The van der Waals surface area contributed by atoms with Crippen molar-refractivity contribution in [3.8, 4) is 0 Å². The van der Waals surface area contributed by atoms with E-state index in [0.717, 1.165) is 217 Å². The van der Waals surface area contributed by atoms with E-state index in [2.05, 4.69) is 75.7 Å². The summed E-state index contributed by atoms with van der Waals surface area (Å²) < 4.78 is 0. The predicted octanol–water partition coefficient (Wildman–Crippen LogP) is 22.3. The summed E-state index contributed by atoms with van der Waals surface area (Å²) in [5.41, 5.74) is 1.85. The van der Waals surface area contributed by atoms with Gasteiger partial charge < -0.3 is 56.2 Å². The maximum atomic E-state index is 10.2. The van der Waals surface area contributed by atoms with Gasteiger partial charge in [-0.1, -0.05) is 165 Å². The molecule has 0 aliphatic carbocycles. The Bertz CT molecular complexity index is 2980. The van der Waals surface area contributed by atoms with Gasteiger partial charge in [-0.15, -0.1) is 0 Å². The van der Waals surface area contributed by atoms with Crippen molar-refractivity contribution in [2.45, 2.75) is 520 Å². The van der Waals surface area contributed by atoms with E-state index >= 15 is 0 Å². The van der Waals surface area contributed by atoms with Crippen LogP contribution in [0.15, 0.2) is 54.9 Å². The second-order valence-corrected chi connectivity index (χ2v) is 34.3. The minimum atomic E-state index is -0.718. The third-order valence-corrected chi connectivity index (χ3v) is 24.2. The minimum Gasteiger partial charge on any atom is -0.384 e. The zero-order valence-corrected chi connectivity index (χ0v) is 127. The topological polar surface area (TPSA) is 358 Å². The molecule has 0 rings (SSSR count). The summed E-state index contributed by atoms with van der Waals surface area (Å²) in [6.07, 6.45) is 15.8. The van der Waals surface area contributed by atoms with Crippen molar-refractivity contribution in [2.75, 3.05) is 54.4 Å². The molecule has 0 spiro atoms. The van der Waals surface area contributed by atoms with Crippen molar-refractivity contribution < 1.29 is 416 Å². The molecule has 0 saturated carbocycles. The largest absolute Gasteiger partial charge is 0.384 e. The van der Waals surface area contributed by atoms with Crippen LogP contribution in [0, 0.1) is 11.8 Å². The molecule has 11 radical (unpaired) electrons. The standard InChI is InChI=1S/C11H23NO.3C10H21NO.4C9H19NO.2C8H17NO.C7H15NO.11Y/c1-6-8-11(13,7-2)10(5)12-9(3)4;1-6-10(12,8(3)4)9(5)11-7-2;1-6-10(12,7-2)9(5)11-8(3)4;1-5-8-10(12,6-2)9(4)11-7-3;1-6-9(11,7(2)3)8(4)10-5;1-6-9(5,11)8(4)10-7(2)3;1-5-7-9(11,6-2)8(3)10-4;1-5-9(11,6-2)8(4)10-7-3;1-5-8(10,6-2)7(3)9-4;1-5-8(4,10)7(3)9-6-2;1-5-7(3,9)6(2)8-4;;;;;;;;;;;/h9,13H,6-8H2,1-5H3;2*8,12H,6-7H2,1-5H3;12H,5-8H2,1-4H3;2*7,11H,6H2,1-5H3;2*11H,5-7H2,1-4H3;2*10H,5-6H2,1-4H3;9H,5H2,1-4H3;;;;;;;;;;;. The van der Waals surface area contributed by atoms with Crippen molar-refractivity contribution in [1.29, 1.82) is 0 Å². The summed E-state index contributed by atoms with van der Waals surface area (Å²) in [6.45, 7) is 91.3. The molecule has 33 heteroatoms. The minimum absolute atomic E-state index is 0. The number of hydrogen-bond acceptors (Lipinski definition) is 22. The summed E-state index contributed by atoms with van der Waals surface area (Å²) >= 11 is 0. The van der Waals surface area contributed by atoms with Crippen molar-refractivity contribution in [3.63, 3.8) is 0 Å². The molecule has 22 nitrogen and oxygen atoms in total. The maximum absolute atomic E-state index is 10.2. The van der Waals surface area contributed by atoms with E-state index in [4.69, 9.17) is 0 Å². The molecule has 0 saturated heterocycles. The quantitative estimate of drug-likeness (QED) is 0.0256. The third kappa shape index (κ3) is 90.2. The summed E-state index contributed by atoms with van der Waals surface area (Å²) in [5, 5.41) is 109. The third-order valence-electron chi connectivity index (χ3n) is 24.2. The molecule has 11 N–H and O–H groups in total. The molecule has 0 aromatic rings. The predicted molar refractivity (Wildman–Crippen MR) is 545 cm³/mol. The molecule has 0 heterocycles. The van der Waals surface area contributed by atoms with Gasteiger partial charge in [-0.3, -0.25) is 54.9 Å². The van der Waals surface area contributed by atoms with Gasteiger partial charge in [0.25, 0.3) is 0 Å². The van der Waals surface area contributed by atoms with Crippen LogP contribution in [-0.2, 0) is 360 Å². The molecule has 0 fully saturated rings. The Morgan fingerprint density at radius 3 is 0.564 bits per heavy atom. The normalized spacial score (nSPS) is 15.7. The second kappa shape index (κ2) is 110. The molecule has 133 heavy (non-hydrogen) atoms. The Morgan fingerprint density at radius 1 is 0.203 bits per heavy atom. The van der Waals surface area contributed by atoms with Crippen LogP contribution in [0.2, 0.25) is 0 Å². The molecule has 0 aliphatic heterocycles. The Hall–Kier alpha value is 8.07. The van der Waals surface area contributed by atoms with Crippen LogP contribution in [0.25, 0.3) is 0 Å². The van der Waals surface area contributed by atoms with Gasteiger partial charge in [0.15, 0.2) is 0 Å². The van der Waals surface area contributed by atoms with E-state index < -0.39 is 61.6 Å². The van der Waals surface area contributed by atoms with Crippen LogP contribution < -0.4 is 0 Å². The zero-order valence-electron chi connectivity index (χ0n) is 96.0. The van der Waals surface area contributed by atoms with Crippen molar-refractivity contribution >= 4 is 62.8 Å². The van der Waals surface area contributed by atoms with Crippen molar-refractivity contribution in [3.05, 3.63) is 0 Å². The first-order valence-corrected chi connectivity index (χ1v) is 47.2. The number of nitrogens with zero attached hydrogens (tertiary/aromatic N) is 11. The molecule has 0 aliphatic rings. The fourth-order valence-electron chi connectivity index (χ4n) is 12.2. The van der Waals surface area contributed by atoms with Crippen LogP contribution in [0.5, 0.6) is 0 Å². The molecule has 0 aromatic carbocycles. The average molecular weight is 2720 g/mol. The molecule has 8 unspecified atom stereocenters. The van der Waals surface area contributed by atoms with Gasteiger partial charge >= 0.3 is 0 Å². The van der Waals surface area contributed by atoms with Gasteiger partial charge in [0.05, 0.1) is 16.8 Å². The van der Waals surface area contributed by atoms with Crippen molar-refractivity contribution in [2.24, 2.45) is 66.8 Å². The Kier molecular flexibility index (Phi) is 161. The Morgan fingerprint density at radius 2 is 0.376 bits per heavy atom. The van der Waals surface area contributed by atoms with E-state index in [1.54, 1.807) is 49.0 Å². The SMILES string of the molecule is CCC(C)(O)C(C)=NC.CCC(C)(O)C(C)=NC(C)C.CCC(O)(C(C)=NC)C(C)C.CCC(O)(CC)C(C)=NC.CCC(O)(CC)C(C)=NC(C)C.CCCC(O)(CC)C(C)=NC.CCCC(O)(CC)C(C)=NC(C)C.CCCC(O)(CC)C(C)=NCC.CCN=C(C)C(C)(O)CC.CCN=C(C)C(O)(CC)C(C)C.CCN=C(C)C(O)(CC)CC.[Y].[Y].[Y].[Y].[Y].[Y].[Y].[Y].[Y].[Y].[Y]. The van der Waals surface area contributed by atoms with Gasteiger partial charge in [-0.05, 0) is 287 Å². The first kappa shape index (κ1) is 195. The first-order chi connectivity index (χ1) is 55.8. The van der Waals surface area contributed by atoms with E-state index in [1.165, 1.54) is 0 Å². The Balaban J connectivity index is -0.0000000506. The smallest absolute Gasteiger partial charge is 0.104 e. The Labute approximate surface area is 1100 Å². The molecule has 0 aromatic heterocycles. The summed E-state index contributed by atoms with van der Waals surface area (Å²) in [6, 6.07) is 0.817. The number of rotatable bonds is 40. The molecular weight excluding hydrogens is 2510 g/mol. The van der Waals surface area contributed by atoms with Gasteiger partial charge in [0.2, 0.25) is 0 Å². The number of aliphatic hydroxyl groups is 11. The first-order valence-electron chi connectivity index (χ1n) is 47.2. The van der Waals surface area contributed by atoms with E-state index in [1.807, 2.05) is 270 Å². The fourth-order valence-corrected chi connectivity index (χ4v) is 12.2. The van der Waals surface area contributed by atoms with E-state index in [0.29, 0.717) is 0 Å². The van der Waals surface area contributed by atoms with E-state index in [9.17, 15) is 56.2 Å². The van der Waals surface area contributed by atoms with Crippen LogP contribution in [0.3, 0.4) is 0 Å². The summed E-state index contributed by atoms with van der Waals surface area (Å²) in [5.74, 6) is 0.467. The van der Waals surface area contributed by atoms with E-state index in [-0.39, 0.29) is 390 Å². The van der Waals surface area contributed by atoms with Gasteiger partial charge in [-0.2, -0.15) is 0 Å². The molecular formula is C100H211N11O11Y11. The summed E-state index contributed by atoms with van der Waals surface area (Å²) in [7, 11) is 6.86. The summed E-state index contributed by atoms with van der Waals surface area (Å²) in [4.78, 5) is 45.8. The van der Waals surface area contributed by atoms with Crippen LogP contribution in [0.1, 0.15) is 440 Å². The number of hydrogen-bond donors (Lipinski definition) is 11. The average Bonchev–Trinajstić information content (AvgIpc) is 0.842. The zero-order chi connectivity index (χ0) is 99.5. The molecule has 765 valence electrons. The maximum Gasteiger partial charge on any atom is 0.104 e. The van der Waals surface area contributed by atoms with Crippen LogP contribution >= 0.6 is 0 Å². The second-order valence-electron chi connectivity index (χ2n) is 34.3. The molecule has 8 atom stereocenters. The fraction of sp³-hybridized carbons (Fsp3) is 0.890. The van der Waals surface area contributed by atoms with Crippen molar-refractivity contribution in [1.82, 2.24) is 0 Å². The van der Waals surface area contributed by atoms with Gasteiger partial charge in [0, 0.05) is 495 Å². The molecule has 0 amide bonds. The van der Waals surface area contributed by atoms with Gasteiger partial charge in [-0.25, -0.2) is 0 Å². The number of aliphatic imine (C=N–C) groups is 11. The van der Waals surface area contributed by atoms with Crippen LogP contribution in [-0.4, -0.2) is 253 Å². The molecule has 0 bridgehead atoms.